The van der Waals surface area contributed by atoms with Gasteiger partial charge >= 0.3 is 13.3 Å². The van der Waals surface area contributed by atoms with Crippen LogP contribution >= 0.6 is 7.60 Å². The first-order chi connectivity index (χ1) is 5.87. The van der Waals surface area contributed by atoms with Crippen LogP contribution in [-0.4, -0.2) is 19.8 Å². The Hall–Kier alpha value is -1.17. The van der Waals surface area contributed by atoms with Gasteiger partial charge in [0.1, 0.15) is 0 Å². The van der Waals surface area contributed by atoms with Crippen LogP contribution in [0.3, 0.4) is 0 Å². The van der Waals surface area contributed by atoms with Gasteiger partial charge in [0, 0.05) is 11.8 Å². The van der Waals surface area contributed by atoms with Crippen molar-refractivity contribution in [2.45, 2.75) is 6.16 Å². The van der Waals surface area contributed by atoms with Gasteiger partial charge in [-0.25, -0.2) is 4.79 Å². The van der Waals surface area contributed by atoms with Crippen LogP contribution in [0.1, 0.15) is 5.69 Å². The minimum Gasteiger partial charge on any atom is -0.324 e. The van der Waals surface area contributed by atoms with E-state index >= 15 is 0 Å². The number of aromatic amines is 2. The average Bonchev–Trinajstić information content (AvgIpc) is 1.78. The van der Waals surface area contributed by atoms with Gasteiger partial charge in [-0.05, 0) is 0 Å². The third kappa shape index (κ3) is 3.37. The van der Waals surface area contributed by atoms with Gasteiger partial charge in [0.05, 0.1) is 6.16 Å². The maximum absolute atomic E-state index is 10.7. The van der Waals surface area contributed by atoms with E-state index in [1.165, 1.54) is 0 Å². The first-order valence-corrected chi connectivity index (χ1v) is 5.04. The highest BCUT2D eigenvalue weighted by Crippen LogP contribution is 2.37. The van der Waals surface area contributed by atoms with E-state index in [4.69, 9.17) is 9.79 Å². The van der Waals surface area contributed by atoms with E-state index < -0.39 is 25.0 Å². The molecule has 8 heteroatoms. The van der Waals surface area contributed by atoms with E-state index in [1.54, 1.807) is 0 Å². The molecule has 1 aromatic heterocycles. The summed E-state index contributed by atoms with van der Waals surface area (Å²) in [5.41, 5.74) is -1.55. The van der Waals surface area contributed by atoms with Crippen LogP contribution in [0.2, 0.25) is 0 Å². The second-order valence-corrected chi connectivity index (χ2v) is 4.08. The second kappa shape index (κ2) is 3.29. The minimum absolute atomic E-state index is 0.0814. The molecule has 0 aliphatic heterocycles. The summed E-state index contributed by atoms with van der Waals surface area (Å²) in [6.07, 6.45) is -0.647. The van der Waals surface area contributed by atoms with Crippen LogP contribution in [0, 0.1) is 0 Å². The van der Waals surface area contributed by atoms with Crippen LogP contribution in [0.5, 0.6) is 0 Å². The second-order valence-electron chi connectivity index (χ2n) is 2.44. The molecule has 0 radical (unpaired) electrons. The molecule has 0 amide bonds. The van der Waals surface area contributed by atoms with E-state index in [0.29, 0.717) is 0 Å². The Bertz CT molecular complexity index is 426. The summed E-state index contributed by atoms with van der Waals surface area (Å²) in [6.45, 7) is 0. The van der Waals surface area contributed by atoms with Gasteiger partial charge in [0.2, 0.25) is 0 Å². The zero-order valence-electron chi connectivity index (χ0n) is 6.35. The first kappa shape index (κ1) is 9.91. The van der Waals surface area contributed by atoms with Crippen LogP contribution in [0.15, 0.2) is 15.7 Å². The van der Waals surface area contributed by atoms with Crippen molar-refractivity contribution >= 4 is 7.60 Å². The van der Waals surface area contributed by atoms with Crippen molar-refractivity contribution < 1.29 is 14.4 Å². The predicted octanol–water partition coefficient (Wildman–Crippen LogP) is -1.26. The quantitative estimate of drug-likeness (QED) is 0.449. The molecule has 0 spiro atoms. The number of nitrogens with one attached hydrogen (secondary N) is 2. The van der Waals surface area contributed by atoms with Gasteiger partial charge in [0.25, 0.3) is 5.56 Å². The lowest BCUT2D eigenvalue weighted by molar-refractivity contribution is 0.371. The molecule has 0 unspecified atom stereocenters. The molecule has 0 aromatic carbocycles. The van der Waals surface area contributed by atoms with Gasteiger partial charge in [-0.2, -0.15) is 0 Å². The maximum atomic E-state index is 10.7. The van der Waals surface area contributed by atoms with Crippen molar-refractivity contribution in [3.63, 3.8) is 0 Å². The highest BCUT2D eigenvalue weighted by atomic mass is 31.2. The zero-order chi connectivity index (χ0) is 10.1. The third-order valence-electron chi connectivity index (χ3n) is 1.19. The standard InChI is InChI=1S/C5H7N2O5P/c8-4-1-3(2-13(10,11)12)6-5(9)7-4/h1H,2H2,(H2,10,11,12)(H2,6,7,8,9). The smallest absolute Gasteiger partial charge is 0.324 e. The van der Waals surface area contributed by atoms with Gasteiger partial charge in [-0.15, -0.1) is 0 Å². The van der Waals surface area contributed by atoms with Gasteiger partial charge in [-0.1, -0.05) is 0 Å². The van der Waals surface area contributed by atoms with Crippen molar-refractivity contribution in [2.24, 2.45) is 0 Å². The summed E-state index contributed by atoms with van der Waals surface area (Å²) < 4.78 is 10.5. The predicted molar refractivity (Wildman–Crippen MR) is 43.4 cm³/mol. The van der Waals surface area contributed by atoms with E-state index in [0.717, 1.165) is 6.07 Å². The van der Waals surface area contributed by atoms with E-state index in [-0.39, 0.29) is 5.69 Å². The Labute approximate surface area is 71.6 Å². The average molecular weight is 206 g/mol. The summed E-state index contributed by atoms with van der Waals surface area (Å²) >= 11 is 0. The molecular formula is C5H7N2O5P. The van der Waals surface area contributed by atoms with Gasteiger partial charge < -0.3 is 14.8 Å². The maximum Gasteiger partial charge on any atom is 0.331 e. The molecule has 0 bridgehead atoms. The van der Waals surface area contributed by atoms with Gasteiger partial charge in [-0.3, -0.25) is 14.3 Å². The fraction of sp³-hybridized carbons (Fsp3) is 0.200. The van der Waals surface area contributed by atoms with Crippen molar-refractivity contribution in [3.05, 3.63) is 32.6 Å². The lowest BCUT2D eigenvalue weighted by atomic mass is 10.4. The summed E-state index contributed by atoms with van der Waals surface area (Å²) in [4.78, 5) is 42.3. The normalized spacial score (nSPS) is 11.5. The molecule has 13 heavy (non-hydrogen) atoms. The molecule has 0 fully saturated rings. The molecule has 1 heterocycles. The SMILES string of the molecule is O=c1cc(CP(=O)(O)O)[nH]c(=O)[nH]1. The molecule has 0 aliphatic carbocycles. The third-order valence-corrected chi connectivity index (χ3v) is 1.95. The Morgan fingerprint density at radius 2 is 1.92 bits per heavy atom. The van der Waals surface area contributed by atoms with Crippen molar-refractivity contribution in [2.75, 3.05) is 0 Å². The number of hydrogen-bond donors (Lipinski definition) is 4. The Morgan fingerprint density at radius 1 is 1.31 bits per heavy atom. The molecule has 0 atom stereocenters. The van der Waals surface area contributed by atoms with E-state index in [2.05, 4.69) is 4.98 Å². The Balaban J connectivity index is 3.11. The van der Waals surface area contributed by atoms with E-state index in [1.807, 2.05) is 4.98 Å². The number of hydrogen-bond acceptors (Lipinski definition) is 3. The van der Waals surface area contributed by atoms with Gasteiger partial charge in [0.15, 0.2) is 0 Å². The fourth-order valence-electron chi connectivity index (χ4n) is 0.826. The lowest BCUT2D eigenvalue weighted by Gasteiger charge is -2.01. The molecule has 0 saturated carbocycles. The molecule has 0 aliphatic rings. The summed E-state index contributed by atoms with van der Waals surface area (Å²) in [5, 5.41) is 0. The lowest BCUT2D eigenvalue weighted by Crippen LogP contribution is -2.22. The van der Waals surface area contributed by atoms with Crippen LogP contribution < -0.4 is 11.2 Å². The van der Waals surface area contributed by atoms with Crippen LogP contribution in [-0.2, 0) is 10.7 Å². The summed E-state index contributed by atoms with van der Waals surface area (Å²) in [7, 11) is -4.25. The van der Waals surface area contributed by atoms with Crippen LogP contribution in [0.4, 0.5) is 0 Å². The number of rotatable bonds is 2. The van der Waals surface area contributed by atoms with Crippen molar-refractivity contribution in [3.8, 4) is 0 Å². The molecule has 1 aromatic rings. The Morgan fingerprint density at radius 3 is 2.38 bits per heavy atom. The molecule has 4 N–H and O–H groups in total. The summed E-state index contributed by atoms with van der Waals surface area (Å²) in [6, 6.07) is 0.931. The van der Waals surface area contributed by atoms with E-state index in [9.17, 15) is 14.2 Å². The molecular weight excluding hydrogens is 199 g/mol. The number of H-pyrrole nitrogens is 2. The topological polar surface area (TPSA) is 123 Å². The zero-order valence-corrected chi connectivity index (χ0v) is 7.25. The molecule has 7 nitrogen and oxygen atoms in total. The summed E-state index contributed by atoms with van der Waals surface area (Å²) in [5.74, 6) is 0. The van der Waals surface area contributed by atoms with Crippen molar-refractivity contribution in [1.29, 1.82) is 0 Å². The highest BCUT2D eigenvalue weighted by Gasteiger charge is 2.14. The molecule has 1 rings (SSSR count). The molecule has 0 saturated heterocycles. The Kier molecular flexibility index (Phi) is 2.51. The van der Waals surface area contributed by atoms with Crippen LogP contribution in [0.25, 0.3) is 0 Å². The first-order valence-electron chi connectivity index (χ1n) is 3.24. The molecule has 72 valence electrons. The minimum atomic E-state index is -4.25. The number of aromatic nitrogens is 2. The highest BCUT2D eigenvalue weighted by molar-refractivity contribution is 7.50. The van der Waals surface area contributed by atoms with Crippen molar-refractivity contribution in [1.82, 2.24) is 9.97 Å². The fourth-order valence-corrected chi connectivity index (χ4v) is 1.44. The monoisotopic (exact) mass is 206 g/mol. The largest absolute Gasteiger partial charge is 0.331 e.